The molecule has 1 aliphatic carbocycles. The summed E-state index contributed by atoms with van der Waals surface area (Å²) in [6, 6.07) is 23.2. The minimum atomic E-state index is -1.60. The molecule has 0 amide bonds. The second-order valence-corrected chi connectivity index (χ2v) is 10.5. The predicted octanol–water partition coefficient (Wildman–Crippen LogP) is 4.95. The molecular weight excluding hydrogens is 268 g/mol. The maximum absolute atomic E-state index is 2.52. The number of benzene rings is 2. The Labute approximate surface area is 128 Å². The fourth-order valence-corrected chi connectivity index (χ4v) is 6.82. The van der Waals surface area contributed by atoms with Crippen LogP contribution >= 0.6 is 0 Å². The van der Waals surface area contributed by atoms with E-state index in [1.807, 2.05) is 0 Å². The number of allylic oxidation sites excluding steroid dienone is 4. The lowest BCUT2D eigenvalue weighted by atomic mass is 10.1. The standard InChI is InChI=1S/C20H22Si/c1-3-21(2,18-13-8-5-9-14-18)20-16-10-15-19(20)17-11-6-4-7-12-17/h4-15H,3,16H2,1-2H3. The fraction of sp³-hybridized carbons (Fsp3) is 0.200. The molecule has 1 heteroatoms. The zero-order valence-corrected chi connectivity index (χ0v) is 13.8. The highest BCUT2D eigenvalue weighted by Gasteiger charge is 2.34. The van der Waals surface area contributed by atoms with Crippen molar-refractivity contribution < 1.29 is 0 Å². The summed E-state index contributed by atoms with van der Waals surface area (Å²) in [5.41, 5.74) is 2.83. The highest BCUT2D eigenvalue weighted by molar-refractivity contribution is 6.97. The van der Waals surface area contributed by atoms with Gasteiger partial charge in [0, 0.05) is 0 Å². The fourth-order valence-electron chi connectivity index (χ4n) is 3.31. The van der Waals surface area contributed by atoms with Gasteiger partial charge in [0.25, 0.3) is 0 Å². The molecule has 21 heavy (non-hydrogen) atoms. The molecule has 0 fully saturated rings. The molecule has 3 rings (SSSR count). The molecule has 1 atom stereocenters. The maximum Gasteiger partial charge on any atom is 0.111 e. The first-order valence-electron chi connectivity index (χ1n) is 7.77. The van der Waals surface area contributed by atoms with Crippen LogP contribution in [-0.4, -0.2) is 8.07 Å². The lowest BCUT2D eigenvalue weighted by Crippen LogP contribution is -2.46. The second-order valence-electron chi connectivity index (χ2n) is 5.92. The lowest BCUT2D eigenvalue weighted by molar-refractivity contribution is 1.29. The van der Waals surface area contributed by atoms with Crippen LogP contribution in [0.3, 0.4) is 0 Å². The van der Waals surface area contributed by atoms with Gasteiger partial charge in [0.15, 0.2) is 0 Å². The van der Waals surface area contributed by atoms with Gasteiger partial charge in [-0.3, -0.25) is 0 Å². The average molecular weight is 290 g/mol. The Morgan fingerprint density at radius 1 is 0.905 bits per heavy atom. The monoisotopic (exact) mass is 290 g/mol. The molecule has 106 valence electrons. The van der Waals surface area contributed by atoms with Crippen molar-refractivity contribution in [2.45, 2.75) is 25.9 Å². The SMILES string of the molecule is CC[Si](C)(C1=C(c2ccccc2)C=CC1)c1ccccc1. The van der Waals surface area contributed by atoms with Crippen molar-refractivity contribution in [1.82, 2.24) is 0 Å². The largest absolute Gasteiger partial charge is 0.111 e. The summed E-state index contributed by atoms with van der Waals surface area (Å²) in [4.78, 5) is 0. The van der Waals surface area contributed by atoms with Gasteiger partial charge in [-0.15, -0.1) is 0 Å². The topological polar surface area (TPSA) is 0 Å². The Morgan fingerprint density at radius 3 is 2.14 bits per heavy atom. The summed E-state index contributed by atoms with van der Waals surface area (Å²) in [6.45, 7) is 4.88. The molecule has 0 bridgehead atoms. The minimum absolute atomic E-state index is 1.12. The molecule has 2 aromatic rings. The molecular formula is C20H22Si. The van der Waals surface area contributed by atoms with Crippen molar-refractivity contribution >= 4 is 18.8 Å². The molecule has 0 heterocycles. The zero-order chi connectivity index (χ0) is 14.7. The predicted molar refractivity (Wildman–Crippen MR) is 95.3 cm³/mol. The number of hydrogen-bond donors (Lipinski definition) is 0. The zero-order valence-electron chi connectivity index (χ0n) is 12.8. The Balaban J connectivity index is 2.12. The highest BCUT2D eigenvalue weighted by atomic mass is 28.3. The van der Waals surface area contributed by atoms with Gasteiger partial charge in [-0.05, 0) is 17.6 Å². The van der Waals surface area contributed by atoms with Crippen LogP contribution in [0.5, 0.6) is 0 Å². The van der Waals surface area contributed by atoms with E-state index in [9.17, 15) is 0 Å². The summed E-state index contributed by atoms with van der Waals surface area (Å²) in [6.07, 6.45) is 5.78. The summed E-state index contributed by atoms with van der Waals surface area (Å²) < 4.78 is 0. The molecule has 0 radical (unpaired) electrons. The summed E-state index contributed by atoms with van der Waals surface area (Å²) in [5.74, 6) is 0. The third-order valence-corrected chi connectivity index (χ3v) is 9.63. The van der Waals surface area contributed by atoms with E-state index in [0.29, 0.717) is 0 Å². The molecule has 2 aromatic carbocycles. The van der Waals surface area contributed by atoms with Gasteiger partial charge in [0.2, 0.25) is 0 Å². The number of hydrogen-bond acceptors (Lipinski definition) is 0. The van der Waals surface area contributed by atoms with Crippen LogP contribution in [0, 0.1) is 0 Å². The molecule has 1 aliphatic rings. The van der Waals surface area contributed by atoms with Gasteiger partial charge >= 0.3 is 0 Å². The van der Waals surface area contributed by atoms with Crippen molar-refractivity contribution in [3.63, 3.8) is 0 Å². The van der Waals surface area contributed by atoms with Crippen LogP contribution in [0.15, 0.2) is 78.0 Å². The van der Waals surface area contributed by atoms with Crippen molar-refractivity contribution in [2.24, 2.45) is 0 Å². The van der Waals surface area contributed by atoms with Crippen molar-refractivity contribution in [3.8, 4) is 0 Å². The van der Waals surface area contributed by atoms with Crippen molar-refractivity contribution in [2.75, 3.05) is 0 Å². The normalized spacial score (nSPS) is 17.0. The van der Waals surface area contributed by atoms with Crippen LogP contribution in [-0.2, 0) is 0 Å². The first-order valence-corrected chi connectivity index (χ1v) is 10.5. The third kappa shape index (κ3) is 2.54. The maximum atomic E-state index is 2.52. The van der Waals surface area contributed by atoms with E-state index < -0.39 is 8.07 Å². The highest BCUT2D eigenvalue weighted by Crippen LogP contribution is 2.35. The summed E-state index contributed by atoms with van der Waals surface area (Å²) in [7, 11) is -1.60. The molecule has 0 saturated carbocycles. The molecule has 0 nitrogen and oxygen atoms in total. The van der Waals surface area contributed by atoms with Gasteiger partial charge in [0.1, 0.15) is 8.07 Å². The second kappa shape index (κ2) is 5.86. The van der Waals surface area contributed by atoms with Gasteiger partial charge in [-0.2, -0.15) is 0 Å². The summed E-state index contributed by atoms with van der Waals surface area (Å²) in [5, 5.41) is 3.24. The number of rotatable bonds is 4. The van der Waals surface area contributed by atoms with E-state index >= 15 is 0 Å². The van der Waals surface area contributed by atoms with Gasteiger partial charge < -0.3 is 0 Å². The minimum Gasteiger partial charge on any atom is -0.0802 e. The van der Waals surface area contributed by atoms with Crippen LogP contribution in [0.1, 0.15) is 18.9 Å². The molecule has 0 saturated heterocycles. The van der Waals surface area contributed by atoms with Gasteiger partial charge in [-0.1, -0.05) is 103 Å². The van der Waals surface area contributed by atoms with Gasteiger partial charge in [0.05, 0.1) is 0 Å². The molecule has 0 spiro atoms. The van der Waals surface area contributed by atoms with E-state index in [-0.39, 0.29) is 0 Å². The average Bonchev–Trinajstić information content (AvgIpc) is 3.06. The summed E-state index contributed by atoms with van der Waals surface area (Å²) >= 11 is 0. The van der Waals surface area contributed by atoms with Gasteiger partial charge in [-0.25, -0.2) is 0 Å². The Bertz CT molecular complexity index is 667. The van der Waals surface area contributed by atoms with Crippen LogP contribution in [0.4, 0.5) is 0 Å². The molecule has 0 aromatic heterocycles. The lowest BCUT2D eigenvalue weighted by Gasteiger charge is -2.30. The molecule has 1 unspecified atom stereocenters. The molecule has 0 aliphatic heterocycles. The van der Waals surface area contributed by atoms with E-state index in [1.165, 1.54) is 17.2 Å². The van der Waals surface area contributed by atoms with E-state index in [4.69, 9.17) is 0 Å². The first kappa shape index (κ1) is 14.1. The van der Waals surface area contributed by atoms with E-state index in [1.54, 1.807) is 10.4 Å². The van der Waals surface area contributed by atoms with Crippen LogP contribution < -0.4 is 5.19 Å². The first-order chi connectivity index (χ1) is 10.3. The van der Waals surface area contributed by atoms with Crippen molar-refractivity contribution in [3.05, 3.63) is 83.6 Å². The van der Waals surface area contributed by atoms with Crippen LogP contribution in [0.25, 0.3) is 5.57 Å². The van der Waals surface area contributed by atoms with E-state index in [0.717, 1.165) is 6.42 Å². The smallest absolute Gasteiger partial charge is 0.0802 e. The quantitative estimate of drug-likeness (QED) is 0.699. The Hall–Kier alpha value is -1.86. The van der Waals surface area contributed by atoms with E-state index in [2.05, 4.69) is 86.3 Å². The third-order valence-electron chi connectivity index (χ3n) is 4.80. The Kier molecular flexibility index (Phi) is 3.93. The van der Waals surface area contributed by atoms with Crippen LogP contribution in [0.2, 0.25) is 12.6 Å². The Morgan fingerprint density at radius 2 is 1.52 bits per heavy atom. The van der Waals surface area contributed by atoms with Crippen molar-refractivity contribution in [1.29, 1.82) is 0 Å². The molecule has 0 N–H and O–H groups in total.